The van der Waals surface area contributed by atoms with Crippen molar-refractivity contribution < 1.29 is 0 Å². The first-order valence-electron chi connectivity index (χ1n) is 6.47. The van der Waals surface area contributed by atoms with Crippen LogP contribution >= 0.6 is 22.9 Å². The van der Waals surface area contributed by atoms with Crippen LogP contribution in [0.15, 0.2) is 6.07 Å². The quantitative estimate of drug-likeness (QED) is 0.573. The molecule has 16 heavy (non-hydrogen) atoms. The van der Waals surface area contributed by atoms with Crippen LogP contribution in [0.4, 0.5) is 0 Å². The fourth-order valence-electron chi connectivity index (χ4n) is 2.56. The van der Waals surface area contributed by atoms with Crippen LogP contribution in [0.2, 0.25) is 5.02 Å². The number of rotatable bonds is 2. The Balaban J connectivity index is 2.16. The van der Waals surface area contributed by atoms with Crippen LogP contribution in [-0.4, -0.2) is 0 Å². The maximum Gasteiger partial charge on any atom is 0.0550 e. The Kier molecular flexibility index (Phi) is 4.32. The van der Waals surface area contributed by atoms with Crippen LogP contribution in [0.1, 0.15) is 74.0 Å². The number of thiophene rings is 1. The number of hydrogen-bond donors (Lipinski definition) is 0. The second-order valence-electron chi connectivity index (χ2n) is 5.20. The predicted octanol–water partition coefficient (Wildman–Crippen LogP) is 5.96. The molecule has 0 spiro atoms. The average molecular weight is 257 g/mol. The fourth-order valence-corrected chi connectivity index (χ4v) is 4.30. The smallest absolute Gasteiger partial charge is 0.0550 e. The lowest BCUT2D eigenvalue weighted by Gasteiger charge is -2.11. The van der Waals surface area contributed by atoms with Gasteiger partial charge < -0.3 is 0 Å². The molecule has 0 amide bonds. The molecule has 0 atom stereocenters. The molecule has 1 aromatic heterocycles. The molecule has 1 heterocycles. The molecule has 0 bridgehead atoms. The largest absolute Gasteiger partial charge is 0.143 e. The number of halogens is 1. The first kappa shape index (κ1) is 12.4. The van der Waals surface area contributed by atoms with E-state index in [1.54, 1.807) is 0 Å². The summed E-state index contributed by atoms with van der Waals surface area (Å²) in [6, 6.07) is 2.23. The summed E-state index contributed by atoms with van der Waals surface area (Å²) in [6.07, 6.45) is 8.39. The maximum absolute atomic E-state index is 6.31. The highest BCUT2D eigenvalue weighted by Crippen LogP contribution is 2.41. The Labute approximate surface area is 108 Å². The molecule has 0 nitrogen and oxygen atoms in total. The van der Waals surface area contributed by atoms with Crippen LogP contribution in [0.3, 0.4) is 0 Å². The van der Waals surface area contributed by atoms with E-state index in [-0.39, 0.29) is 0 Å². The van der Waals surface area contributed by atoms with Crippen LogP contribution in [-0.2, 0) is 0 Å². The zero-order chi connectivity index (χ0) is 11.5. The van der Waals surface area contributed by atoms with E-state index in [2.05, 4.69) is 19.9 Å². The minimum Gasteiger partial charge on any atom is -0.143 e. The van der Waals surface area contributed by atoms with Crippen molar-refractivity contribution in [2.45, 2.75) is 64.2 Å². The molecule has 1 saturated carbocycles. The summed E-state index contributed by atoms with van der Waals surface area (Å²) in [4.78, 5) is 2.91. The predicted molar refractivity (Wildman–Crippen MR) is 73.9 cm³/mol. The highest BCUT2D eigenvalue weighted by molar-refractivity contribution is 7.12. The van der Waals surface area contributed by atoms with Crippen molar-refractivity contribution in [3.63, 3.8) is 0 Å². The van der Waals surface area contributed by atoms with Gasteiger partial charge in [0.05, 0.1) is 5.02 Å². The molecule has 1 fully saturated rings. The van der Waals surface area contributed by atoms with Gasteiger partial charge in [-0.1, -0.05) is 51.1 Å². The highest BCUT2D eigenvalue weighted by Gasteiger charge is 2.19. The zero-order valence-corrected chi connectivity index (χ0v) is 11.8. The van der Waals surface area contributed by atoms with E-state index in [0.29, 0.717) is 5.92 Å². The average Bonchev–Trinajstić information content (AvgIpc) is 2.50. The van der Waals surface area contributed by atoms with Gasteiger partial charge >= 0.3 is 0 Å². The van der Waals surface area contributed by atoms with E-state index < -0.39 is 0 Å². The van der Waals surface area contributed by atoms with Gasteiger partial charge in [0.2, 0.25) is 0 Å². The third-order valence-electron chi connectivity index (χ3n) is 3.51. The van der Waals surface area contributed by atoms with Crippen LogP contribution in [0.25, 0.3) is 0 Å². The molecule has 2 rings (SSSR count). The van der Waals surface area contributed by atoms with Gasteiger partial charge in [0.25, 0.3) is 0 Å². The normalized spacial score (nSPS) is 19.0. The molecule has 1 aliphatic rings. The minimum atomic E-state index is 0.567. The van der Waals surface area contributed by atoms with Crippen molar-refractivity contribution >= 4 is 22.9 Å². The molecular formula is C14H21ClS. The van der Waals surface area contributed by atoms with E-state index in [1.165, 1.54) is 48.3 Å². The van der Waals surface area contributed by atoms with Gasteiger partial charge in [0.15, 0.2) is 0 Å². The lowest BCUT2D eigenvalue weighted by Crippen LogP contribution is -1.93. The monoisotopic (exact) mass is 256 g/mol. The molecule has 0 saturated heterocycles. The van der Waals surface area contributed by atoms with E-state index >= 15 is 0 Å². The van der Waals surface area contributed by atoms with Gasteiger partial charge in [-0.25, -0.2) is 0 Å². The third-order valence-corrected chi connectivity index (χ3v) is 5.54. The summed E-state index contributed by atoms with van der Waals surface area (Å²) >= 11 is 8.26. The van der Waals surface area contributed by atoms with Gasteiger partial charge in [-0.3, -0.25) is 0 Å². The summed E-state index contributed by atoms with van der Waals surface area (Å²) in [6.45, 7) is 4.46. The summed E-state index contributed by atoms with van der Waals surface area (Å²) in [5.41, 5.74) is 0. The Hall–Kier alpha value is -0.0100. The summed E-state index contributed by atoms with van der Waals surface area (Å²) in [7, 11) is 0. The van der Waals surface area contributed by atoms with Gasteiger partial charge in [-0.2, -0.15) is 0 Å². The first-order valence-corrected chi connectivity index (χ1v) is 7.67. The van der Waals surface area contributed by atoms with Crippen LogP contribution in [0.5, 0.6) is 0 Å². The van der Waals surface area contributed by atoms with Crippen molar-refractivity contribution in [2.75, 3.05) is 0 Å². The van der Waals surface area contributed by atoms with Crippen molar-refractivity contribution in [3.05, 3.63) is 20.8 Å². The molecule has 1 aliphatic carbocycles. The SMILES string of the molecule is CC(C)c1sc(C2CCCCCC2)cc1Cl. The Bertz CT molecular complexity index is 333. The van der Waals surface area contributed by atoms with Crippen molar-refractivity contribution in [1.29, 1.82) is 0 Å². The highest BCUT2D eigenvalue weighted by atomic mass is 35.5. The van der Waals surface area contributed by atoms with Crippen LogP contribution in [0, 0.1) is 0 Å². The second kappa shape index (κ2) is 5.55. The summed E-state index contributed by atoms with van der Waals surface area (Å²) in [5.74, 6) is 1.36. The summed E-state index contributed by atoms with van der Waals surface area (Å²) < 4.78 is 0. The van der Waals surface area contributed by atoms with Crippen molar-refractivity contribution in [1.82, 2.24) is 0 Å². The molecule has 0 unspecified atom stereocenters. The molecule has 90 valence electrons. The molecule has 0 radical (unpaired) electrons. The topological polar surface area (TPSA) is 0 Å². The molecular weight excluding hydrogens is 236 g/mol. The summed E-state index contributed by atoms with van der Waals surface area (Å²) in [5, 5.41) is 0.999. The molecule has 0 N–H and O–H groups in total. The van der Waals surface area contributed by atoms with Crippen LogP contribution < -0.4 is 0 Å². The third kappa shape index (κ3) is 2.81. The fraction of sp³-hybridized carbons (Fsp3) is 0.714. The van der Waals surface area contributed by atoms with E-state index in [0.717, 1.165) is 10.9 Å². The van der Waals surface area contributed by atoms with Crippen molar-refractivity contribution in [2.24, 2.45) is 0 Å². The molecule has 1 aromatic rings. The molecule has 0 aromatic carbocycles. The van der Waals surface area contributed by atoms with E-state index in [4.69, 9.17) is 11.6 Å². The standard InChI is InChI=1S/C14H21ClS/c1-10(2)14-12(15)9-13(16-14)11-7-5-3-4-6-8-11/h9-11H,3-8H2,1-2H3. The van der Waals surface area contributed by atoms with Gasteiger partial charge in [-0.15, -0.1) is 11.3 Å². The lowest BCUT2D eigenvalue weighted by molar-refractivity contribution is 0.602. The Morgan fingerprint density at radius 1 is 1.19 bits per heavy atom. The molecule has 0 aliphatic heterocycles. The van der Waals surface area contributed by atoms with E-state index in [1.807, 2.05) is 11.3 Å². The van der Waals surface area contributed by atoms with Crippen molar-refractivity contribution in [3.8, 4) is 0 Å². The first-order chi connectivity index (χ1) is 7.68. The lowest BCUT2D eigenvalue weighted by atomic mass is 9.99. The van der Waals surface area contributed by atoms with Gasteiger partial charge in [-0.05, 0) is 30.7 Å². The second-order valence-corrected chi connectivity index (χ2v) is 6.73. The van der Waals surface area contributed by atoms with Gasteiger partial charge in [0.1, 0.15) is 0 Å². The molecule has 2 heteroatoms. The Morgan fingerprint density at radius 2 is 1.81 bits per heavy atom. The maximum atomic E-state index is 6.31. The van der Waals surface area contributed by atoms with Gasteiger partial charge in [0, 0.05) is 9.75 Å². The van der Waals surface area contributed by atoms with E-state index in [9.17, 15) is 0 Å². The zero-order valence-electron chi connectivity index (χ0n) is 10.3. The Morgan fingerprint density at radius 3 is 2.31 bits per heavy atom. The number of hydrogen-bond acceptors (Lipinski definition) is 1. The minimum absolute atomic E-state index is 0.567.